The molecule has 3 aromatic rings. The highest BCUT2D eigenvalue weighted by atomic mass is 19.1. The van der Waals surface area contributed by atoms with Gasteiger partial charge in [-0.15, -0.1) is 0 Å². The second-order valence-electron chi connectivity index (χ2n) is 7.39. The van der Waals surface area contributed by atoms with Crippen molar-refractivity contribution in [1.29, 1.82) is 0 Å². The summed E-state index contributed by atoms with van der Waals surface area (Å²) in [5, 5.41) is 0.706. The molecule has 1 aromatic carbocycles. The summed E-state index contributed by atoms with van der Waals surface area (Å²) in [4.78, 5) is 22.8. The molecule has 6 heteroatoms. The maximum atomic E-state index is 14.5. The van der Waals surface area contributed by atoms with Gasteiger partial charge in [0.15, 0.2) is 17.2 Å². The van der Waals surface area contributed by atoms with Crippen molar-refractivity contribution >= 4 is 23.1 Å². The van der Waals surface area contributed by atoms with Crippen molar-refractivity contribution < 1.29 is 13.6 Å². The fourth-order valence-corrected chi connectivity index (χ4v) is 3.74. The highest BCUT2D eigenvalue weighted by molar-refractivity contribution is 5.85. The van der Waals surface area contributed by atoms with E-state index >= 15 is 0 Å². The van der Waals surface area contributed by atoms with Gasteiger partial charge >= 0.3 is 0 Å². The van der Waals surface area contributed by atoms with Crippen LogP contribution in [-0.2, 0) is 11.2 Å². The van der Waals surface area contributed by atoms with Crippen LogP contribution in [0.15, 0.2) is 35.1 Å². The molecule has 0 N–H and O–H groups in total. The number of piperidine rings is 1. The lowest BCUT2D eigenvalue weighted by Crippen LogP contribution is -2.35. The molecular weight excluding hydrogens is 357 g/mol. The Morgan fingerprint density at radius 3 is 2.89 bits per heavy atom. The Hall–Kier alpha value is -2.76. The number of carbonyl (C=O) groups excluding carboxylic acids is 1. The summed E-state index contributed by atoms with van der Waals surface area (Å²) in [7, 11) is 0. The Morgan fingerprint density at radius 2 is 2.14 bits per heavy atom. The first-order chi connectivity index (χ1) is 13.7. The number of carbonyl (C=O) groups is 1. The Morgan fingerprint density at radius 1 is 1.32 bits per heavy atom. The molecule has 28 heavy (non-hydrogen) atoms. The van der Waals surface area contributed by atoms with Gasteiger partial charge in [-0.25, -0.2) is 9.37 Å². The molecule has 2 aromatic heterocycles. The van der Waals surface area contributed by atoms with Gasteiger partial charge in [-0.3, -0.25) is 4.98 Å². The largest absolute Gasteiger partial charge is 0.461 e. The first-order valence-electron chi connectivity index (χ1n) is 9.93. The van der Waals surface area contributed by atoms with Gasteiger partial charge in [0.25, 0.3) is 0 Å². The van der Waals surface area contributed by atoms with Gasteiger partial charge in [-0.2, -0.15) is 0 Å². The number of aldehydes is 1. The van der Waals surface area contributed by atoms with Gasteiger partial charge in [0.1, 0.15) is 12.0 Å². The average Bonchev–Trinajstić information content (AvgIpc) is 3.21. The quantitative estimate of drug-likeness (QED) is 0.575. The number of nitrogens with zero attached hydrogens (tertiary/aromatic N) is 3. The lowest BCUT2D eigenvalue weighted by molar-refractivity contribution is -0.111. The SMILES string of the molecule is CCCCc1cnc(-c2cc(F)c3occc3c2)c(N2CCC(C=O)CC2)n1. The number of aryl methyl sites for hydroxylation is 1. The fourth-order valence-electron chi connectivity index (χ4n) is 3.74. The Bertz CT molecular complexity index is 977. The zero-order valence-corrected chi connectivity index (χ0v) is 16.0. The third-order valence-corrected chi connectivity index (χ3v) is 5.40. The summed E-state index contributed by atoms with van der Waals surface area (Å²) < 4.78 is 19.7. The van der Waals surface area contributed by atoms with Crippen LogP contribution in [0.5, 0.6) is 0 Å². The van der Waals surface area contributed by atoms with Crippen LogP contribution in [0.4, 0.5) is 10.2 Å². The number of aromatic nitrogens is 2. The number of hydrogen-bond acceptors (Lipinski definition) is 5. The van der Waals surface area contributed by atoms with E-state index in [4.69, 9.17) is 9.40 Å². The smallest absolute Gasteiger partial charge is 0.169 e. The number of fused-ring (bicyclic) bond motifs is 1. The van der Waals surface area contributed by atoms with Crippen molar-refractivity contribution in [3.63, 3.8) is 0 Å². The van der Waals surface area contributed by atoms with E-state index in [0.717, 1.165) is 63.0 Å². The van der Waals surface area contributed by atoms with Gasteiger partial charge in [-0.05, 0) is 43.9 Å². The van der Waals surface area contributed by atoms with Gasteiger partial charge in [0, 0.05) is 36.2 Å². The van der Waals surface area contributed by atoms with Crippen molar-refractivity contribution in [2.24, 2.45) is 5.92 Å². The van der Waals surface area contributed by atoms with E-state index < -0.39 is 5.82 Å². The topological polar surface area (TPSA) is 59.2 Å². The number of furan rings is 1. The molecule has 0 radical (unpaired) electrons. The van der Waals surface area contributed by atoms with Gasteiger partial charge in [0.2, 0.25) is 0 Å². The molecule has 0 aliphatic carbocycles. The summed E-state index contributed by atoms with van der Waals surface area (Å²) in [5.74, 6) is 0.482. The molecule has 1 saturated heterocycles. The van der Waals surface area contributed by atoms with Crippen LogP contribution in [0.1, 0.15) is 38.3 Å². The highest BCUT2D eigenvalue weighted by Gasteiger charge is 2.24. The molecule has 0 bridgehead atoms. The number of halogens is 1. The van der Waals surface area contributed by atoms with E-state index in [1.807, 2.05) is 6.07 Å². The molecule has 0 amide bonds. The molecule has 0 atom stereocenters. The first-order valence-corrected chi connectivity index (χ1v) is 9.93. The molecule has 0 unspecified atom stereocenters. The van der Waals surface area contributed by atoms with Crippen molar-refractivity contribution in [2.45, 2.75) is 39.0 Å². The minimum absolute atomic E-state index is 0.107. The van der Waals surface area contributed by atoms with Crippen LogP contribution in [0.3, 0.4) is 0 Å². The number of benzene rings is 1. The molecule has 4 rings (SSSR count). The van der Waals surface area contributed by atoms with Gasteiger partial charge in [-0.1, -0.05) is 13.3 Å². The van der Waals surface area contributed by atoms with E-state index in [2.05, 4.69) is 16.8 Å². The van der Waals surface area contributed by atoms with Gasteiger partial charge in [0.05, 0.1) is 12.0 Å². The van der Waals surface area contributed by atoms with Crippen molar-refractivity contribution in [1.82, 2.24) is 9.97 Å². The molecule has 3 heterocycles. The van der Waals surface area contributed by atoms with E-state index in [1.165, 1.54) is 12.3 Å². The summed E-state index contributed by atoms with van der Waals surface area (Å²) >= 11 is 0. The summed E-state index contributed by atoms with van der Waals surface area (Å²) in [6, 6.07) is 5.10. The first kappa shape index (κ1) is 18.6. The highest BCUT2D eigenvalue weighted by Crippen LogP contribution is 2.33. The normalized spacial score (nSPS) is 15.3. The number of unbranched alkanes of at least 4 members (excludes halogenated alkanes) is 1. The lowest BCUT2D eigenvalue weighted by atomic mass is 9.98. The van der Waals surface area contributed by atoms with E-state index in [9.17, 15) is 9.18 Å². The molecule has 1 aliphatic heterocycles. The van der Waals surface area contributed by atoms with Crippen molar-refractivity contribution in [3.8, 4) is 11.3 Å². The zero-order valence-electron chi connectivity index (χ0n) is 16.0. The lowest BCUT2D eigenvalue weighted by Gasteiger charge is -2.32. The Kier molecular flexibility index (Phi) is 5.37. The van der Waals surface area contributed by atoms with Crippen LogP contribution in [-0.4, -0.2) is 29.3 Å². The van der Waals surface area contributed by atoms with Crippen LogP contribution in [0.25, 0.3) is 22.2 Å². The molecule has 1 fully saturated rings. The van der Waals surface area contributed by atoms with Gasteiger partial charge < -0.3 is 14.1 Å². The van der Waals surface area contributed by atoms with Crippen molar-refractivity contribution in [3.05, 3.63) is 42.2 Å². The van der Waals surface area contributed by atoms with Crippen LogP contribution >= 0.6 is 0 Å². The Balaban J connectivity index is 1.75. The maximum Gasteiger partial charge on any atom is 0.169 e. The third-order valence-electron chi connectivity index (χ3n) is 5.40. The predicted octanol–water partition coefficient (Wildman–Crippen LogP) is 4.79. The van der Waals surface area contributed by atoms with Crippen LogP contribution < -0.4 is 4.90 Å². The average molecular weight is 381 g/mol. The summed E-state index contributed by atoms with van der Waals surface area (Å²) in [5.41, 5.74) is 2.56. The fraction of sp³-hybridized carbons (Fsp3) is 0.409. The predicted molar refractivity (Wildman–Crippen MR) is 107 cm³/mol. The number of anilines is 1. The van der Waals surface area contributed by atoms with E-state index in [1.54, 1.807) is 12.3 Å². The molecular formula is C22H24FN3O2. The minimum atomic E-state index is -0.403. The summed E-state index contributed by atoms with van der Waals surface area (Å²) in [6.07, 6.45) is 8.95. The molecule has 0 saturated carbocycles. The third kappa shape index (κ3) is 3.63. The van der Waals surface area contributed by atoms with Crippen LogP contribution in [0, 0.1) is 11.7 Å². The molecule has 5 nitrogen and oxygen atoms in total. The number of hydrogen-bond donors (Lipinski definition) is 0. The molecule has 0 spiro atoms. The maximum absolute atomic E-state index is 14.5. The zero-order chi connectivity index (χ0) is 19.5. The summed E-state index contributed by atoms with van der Waals surface area (Å²) in [6.45, 7) is 3.65. The second kappa shape index (κ2) is 8.09. The van der Waals surface area contributed by atoms with Crippen LogP contribution in [0.2, 0.25) is 0 Å². The molecule has 1 aliphatic rings. The molecule has 146 valence electrons. The standard InChI is InChI=1S/C22H24FN3O2/c1-2-3-4-18-13-24-20(17-11-16-7-10-28-21(16)19(23)12-17)22(25-18)26-8-5-15(14-27)6-9-26/h7,10-15H,2-6,8-9H2,1H3. The second-order valence-corrected chi connectivity index (χ2v) is 7.39. The minimum Gasteiger partial charge on any atom is -0.461 e. The monoisotopic (exact) mass is 381 g/mol. The van der Waals surface area contributed by atoms with E-state index in [-0.39, 0.29) is 11.5 Å². The van der Waals surface area contributed by atoms with Crippen molar-refractivity contribution in [2.75, 3.05) is 18.0 Å². The number of rotatable bonds is 6. The van der Waals surface area contributed by atoms with E-state index in [0.29, 0.717) is 16.6 Å². The Labute approximate surface area is 163 Å².